The Kier molecular flexibility index (Phi) is 4.86. The first kappa shape index (κ1) is 15.5. The monoisotopic (exact) mass is 329 g/mol. The van der Waals surface area contributed by atoms with Gasteiger partial charge in [-0.1, -0.05) is 36.7 Å². The van der Waals surface area contributed by atoms with Gasteiger partial charge >= 0.3 is 0 Å². The summed E-state index contributed by atoms with van der Waals surface area (Å²) in [6.45, 7) is 4.42. The maximum Gasteiger partial charge on any atom is 0.252 e. The zero-order chi connectivity index (χ0) is 14.8. The van der Waals surface area contributed by atoms with Crippen LogP contribution in [0.2, 0.25) is 5.02 Å². The molecule has 1 heterocycles. The van der Waals surface area contributed by atoms with Crippen molar-refractivity contribution in [1.82, 2.24) is 4.31 Å². The summed E-state index contributed by atoms with van der Waals surface area (Å²) in [5, 5.41) is 0.587. The highest BCUT2D eigenvalue weighted by Gasteiger charge is 2.25. The molecule has 0 aliphatic heterocycles. The maximum absolute atomic E-state index is 12.6. The van der Waals surface area contributed by atoms with Gasteiger partial charge in [-0.2, -0.15) is 4.31 Å². The molecule has 20 heavy (non-hydrogen) atoms. The molecule has 108 valence electrons. The Bertz CT molecular complexity index is 695. The molecule has 1 aromatic heterocycles. The number of rotatable bonds is 5. The summed E-state index contributed by atoms with van der Waals surface area (Å²) in [6, 6.07) is 10.8. The van der Waals surface area contributed by atoms with Gasteiger partial charge in [0.2, 0.25) is 0 Å². The Labute approximate surface area is 128 Å². The standard InChI is InChI=1S/C14H16ClNO2S2/c1-3-16(10-12-6-4-5-7-13(12)15)20(17,18)14-9-8-11(2)19-14/h4-9H,3,10H2,1-2H3. The molecule has 0 bridgehead atoms. The van der Waals surface area contributed by atoms with Crippen LogP contribution >= 0.6 is 22.9 Å². The van der Waals surface area contributed by atoms with Gasteiger partial charge in [0.1, 0.15) is 4.21 Å². The molecule has 0 saturated carbocycles. The SMILES string of the molecule is CCN(Cc1ccccc1Cl)S(=O)(=O)c1ccc(C)s1. The predicted molar refractivity (Wildman–Crippen MR) is 83.8 cm³/mol. The molecule has 0 N–H and O–H groups in total. The molecule has 0 aliphatic carbocycles. The molecule has 0 saturated heterocycles. The van der Waals surface area contributed by atoms with Crippen LogP contribution in [0.15, 0.2) is 40.6 Å². The maximum atomic E-state index is 12.6. The van der Waals surface area contributed by atoms with E-state index in [0.717, 1.165) is 10.4 Å². The topological polar surface area (TPSA) is 37.4 Å². The second kappa shape index (κ2) is 6.26. The second-order valence-electron chi connectivity index (χ2n) is 4.39. The number of benzene rings is 1. The fourth-order valence-electron chi connectivity index (χ4n) is 1.86. The number of thiophene rings is 1. The molecular formula is C14H16ClNO2S2. The Hall–Kier alpha value is -0.880. The number of halogens is 1. The van der Waals surface area contributed by atoms with Crippen LogP contribution in [0.25, 0.3) is 0 Å². The van der Waals surface area contributed by atoms with E-state index in [1.54, 1.807) is 12.1 Å². The smallest absolute Gasteiger partial charge is 0.206 e. The van der Waals surface area contributed by atoms with Gasteiger partial charge in [0.25, 0.3) is 10.0 Å². The van der Waals surface area contributed by atoms with Crippen molar-refractivity contribution >= 4 is 33.0 Å². The molecule has 0 radical (unpaired) electrons. The first-order valence-electron chi connectivity index (χ1n) is 6.25. The summed E-state index contributed by atoms with van der Waals surface area (Å²) in [5.74, 6) is 0. The summed E-state index contributed by atoms with van der Waals surface area (Å²) in [6.07, 6.45) is 0. The van der Waals surface area contributed by atoms with Crippen LogP contribution in [0.3, 0.4) is 0 Å². The molecule has 1 aromatic carbocycles. The Morgan fingerprint density at radius 2 is 1.90 bits per heavy atom. The zero-order valence-corrected chi connectivity index (χ0v) is 13.7. The Balaban J connectivity index is 2.31. The molecule has 0 fully saturated rings. The molecule has 2 aromatic rings. The van der Waals surface area contributed by atoms with Gasteiger partial charge in [-0.15, -0.1) is 11.3 Å². The molecule has 0 aliphatic rings. The average Bonchev–Trinajstić information content (AvgIpc) is 2.85. The lowest BCUT2D eigenvalue weighted by Gasteiger charge is -2.20. The molecule has 2 rings (SSSR count). The van der Waals surface area contributed by atoms with E-state index < -0.39 is 10.0 Å². The van der Waals surface area contributed by atoms with Crippen molar-refractivity contribution in [3.63, 3.8) is 0 Å². The van der Waals surface area contributed by atoms with Crippen molar-refractivity contribution in [3.05, 3.63) is 51.9 Å². The molecular weight excluding hydrogens is 314 g/mol. The zero-order valence-electron chi connectivity index (χ0n) is 11.3. The van der Waals surface area contributed by atoms with Crippen molar-refractivity contribution in [2.24, 2.45) is 0 Å². The molecule has 0 spiro atoms. The van der Waals surface area contributed by atoms with Crippen LogP contribution in [0.4, 0.5) is 0 Å². The van der Waals surface area contributed by atoms with Crippen LogP contribution in [-0.2, 0) is 16.6 Å². The highest BCUT2D eigenvalue weighted by atomic mass is 35.5. The Morgan fingerprint density at radius 3 is 2.45 bits per heavy atom. The number of sulfonamides is 1. The largest absolute Gasteiger partial charge is 0.252 e. The first-order chi connectivity index (χ1) is 9.45. The van der Waals surface area contributed by atoms with Crippen LogP contribution < -0.4 is 0 Å². The van der Waals surface area contributed by atoms with Gasteiger partial charge in [-0.3, -0.25) is 0 Å². The van der Waals surface area contributed by atoms with Crippen LogP contribution in [0.5, 0.6) is 0 Å². The van der Waals surface area contributed by atoms with E-state index >= 15 is 0 Å². The van der Waals surface area contributed by atoms with Crippen molar-refractivity contribution in [3.8, 4) is 0 Å². The molecule has 0 atom stereocenters. The van der Waals surface area contributed by atoms with Crippen LogP contribution in [0, 0.1) is 6.92 Å². The van der Waals surface area contributed by atoms with Crippen LogP contribution in [0.1, 0.15) is 17.4 Å². The third kappa shape index (κ3) is 3.23. The van der Waals surface area contributed by atoms with E-state index in [1.165, 1.54) is 15.6 Å². The van der Waals surface area contributed by atoms with E-state index in [-0.39, 0.29) is 6.54 Å². The number of hydrogen-bond acceptors (Lipinski definition) is 3. The van der Waals surface area contributed by atoms with Gasteiger partial charge < -0.3 is 0 Å². The Morgan fingerprint density at radius 1 is 1.20 bits per heavy atom. The van der Waals surface area contributed by atoms with Crippen molar-refractivity contribution in [2.45, 2.75) is 24.6 Å². The van der Waals surface area contributed by atoms with Crippen molar-refractivity contribution in [1.29, 1.82) is 0 Å². The minimum atomic E-state index is -3.45. The third-order valence-corrected chi connectivity index (χ3v) is 6.72. The number of nitrogens with zero attached hydrogens (tertiary/aromatic N) is 1. The lowest BCUT2D eigenvalue weighted by Crippen LogP contribution is -2.30. The molecule has 0 amide bonds. The van der Waals surface area contributed by atoms with Crippen molar-refractivity contribution < 1.29 is 8.42 Å². The lowest BCUT2D eigenvalue weighted by molar-refractivity contribution is 0.425. The fourth-order valence-corrected chi connectivity index (χ4v) is 4.92. The normalized spacial score (nSPS) is 12.0. The van der Waals surface area contributed by atoms with E-state index in [2.05, 4.69) is 0 Å². The molecule has 6 heteroatoms. The van der Waals surface area contributed by atoms with Crippen LogP contribution in [-0.4, -0.2) is 19.3 Å². The van der Waals surface area contributed by atoms with Crippen molar-refractivity contribution in [2.75, 3.05) is 6.54 Å². The fraction of sp³-hybridized carbons (Fsp3) is 0.286. The second-order valence-corrected chi connectivity index (χ2v) is 8.25. The van der Waals surface area contributed by atoms with Gasteiger partial charge in [0.05, 0.1) is 0 Å². The minimum Gasteiger partial charge on any atom is -0.206 e. The summed E-state index contributed by atoms with van der Waals surface area (Å²) in [7, 11) is -3.45. The summed E-state index contributed by atoms with van der Waals surface area (Å²) in [4.78, 5) is 0.984. The van der Waals surface area contributed by atoms with E-state index in [4.69, 9.17) is 11.6 Å². The van der Waals surface area contributed by atoms with E-state index in [0.29, 0.717) is 15.8 Å². The van der Waals surface area contributed by atoms with Gasteiger partial charge in [-0.25, -0.2) is 8.42 Å². The highest BCUT2D eigenvalue weighted by molar-refractivity contribution is 7.91. The number of aryl methyl sites for hydroxylation is 1. The van der Waals surface area contributed by atoms with Gasteiger partial charge in [-0.05, 0) is 30.7 Å². The van der Waals surface area contributed by atoms with E-state index in [9.17, 15) is 8.42 Å². The third-order valence-electron chi connectivity index (χ3n) is 2.97. The average molecular weight is 330 g/mol. The predicted octanol–water partition coefficient (Wildman–Crippen LogP) is 3.92. The quantitative estimate of drug-likeness (QED) is 0.833. The van der Waals surface area contributed by atoms with Gasteiger partial charge in [0.15, 0.2) is 0 Å². The van der Waals surface area contributed by atoms with Gasteiger partial charge in [0, 0.05) is 23.0 Å². The summed E-state index contributed by atoms with van der Waals surface area (Å²) >= 11 is 7.40. The minimum absolute atomic E-state index is 0.287. The summed E-state index contributed by atoms with van der Waals surface area (Å²) < 4.78 is 27.0. The van der Waals surface area contributed by atoms with E-state index in [1.807, 2.05) is 38.1 Å². The summed E-state index contributed by atoms with van der Waals surface area (Å²) in [5.41, 5.74) is 0.813. The molecule has 3 nitrogen and oxygen atoms in total. The molecule has 0 unspecified atom stereocenters. The lowest BCUT2D eigenvalue weighted by atomic mass is 10.2. The first-order valence-corrected chi connectivity index (χ1v) is 8.88. The highest BCUT2D eigenvalue weighted by Crippen LogP contribution is 2.26. The number of hydrogen-bond donors (Lipinski definition) is 0.